The molecule has 0 bridgehead atoms. The van der Waals surface area contributed by atoms with Gasteiger partial charge in [-0.15, -0.1) is 0 Å². The van der Waals surface area contributed by atoms with Gasteiger partial charge in [-0.05, 0) is 30.5 Å². The second-order valence-electron chi connectivity index (χ2n) is 9.48. The molecule has 2 heterocycles. The fraction of sp³-hybridized carbons (Fsp3) is 0.310. The first kappa shape index (κ1) is 27.6. The Hall–Kier alpha value is -4.44. The molecular weight excluding hydrogens is 496 g/mol. The lowest BCUT2D eigenvalue weighted by atomic mass is 9.84. The van der Waals surface area contributed by atoms with E-state index >= 15 is 0 Å². The molecule has 2 aliphatic rings. The maximum Gasteiger partial charge on any atom is 0.407 e. The van der Waals surface area contributed by atoms with Crippen molar-refractivity contribution in [3.05, 3.63) is 95.7 Å². The summed E-state index contributed by atoms with van der Waals surface area (Å²) in [6, 6.07) is 17.1. The number of nitrogens with two attached hydrogens (primary N) is 1. The first-order chi connectivity index (χ1) is 18.9. The van der Waals surface area contributed by atoms with Gasteiger partial charge in [0.25, 0.3) is 0 Å². The van der Waals surface area contributed by atoms with Crippen LogP contribution in [0.5, 0.6) is 0 Å². The van der Waals surface area contributed by atoms with Crippen molar-refractivity contribution in [3.63, 3.8) is 0 Å². The summed E-state index contributed by atoms with van der Waals surface area (Å²) in [4.78, 5) is 40.9. The maximum absolute atomic E-state index is 13.7. The summed E-state index contributed by atoms with van der Waals surface area (Å²) >= 11 is 0. The molecule has 0 aliphatic carbocycles. The third kappa shape index (κ3) is 6.71. The number of carbonyl (C=O) groups is 3. The van der Waals surface area contributed by atoms with Crippen molar-refractivity contribution >= 4 is 23.7 Å². The average molecular weight is 531 g/mol. The molecule has 204 valence electrons. The van der Waals surface area contributed by atoms with Crippen LogP contribution < -0.4 is 21.7 Å². The number of rotatable bonds is 9. The molecule has 1 fully saturated rings. The van der Waals surface area contributed by atoms with E-state index in [0.717, 1.165) is 24.1 Å². The van der Waals surface area contributed by atoms with Crippen LogP contribution in [0.25, 0.3) is 0 Å². The van der Waals surface area contributed by atoms with Crippen molar-refractivity contribution in [3.8, 4) is 0 Å². The lowest BCUT2D eigenvalue weighted by Gasteiger charge is -2.33. The standard InChI is InChI=1S/C29H34N6O4/c1-39-29(38)34-25(24(19-9-4-2-5-10-19)20-11-6-3-7-12-20)27(36)33-17-22-15-14-21(26(30)31)18-35(22)28(37)23-13-8-16-32-23/h2-7,9-12,14-15,18,22-25,32H,8,13,16-17H2,1H3,(H3,30,31)(H,33,36)(H,34,38)/t22?,23-,25+/m0/s1. The highest BCUT2D eigenvalue weighted by molar-refractivity contribution is 5.98. The van der Waals surface area contributed by atoms with Crippen LogP contribution >= 0.6 is 0 Å². The molecule has 2 aromatic rings. The number of benzene rings is 2. The van der Waals surface area contributed by atoms with Gasteiger partial charge in [-0.25, -0.2) is 4.79 Å². The Bertz CT molecular complexity index is 1200. The number of amidine groups is 1. The Kier molecular flexibility index (Phi) is 9.11. The van der Waals surface area contributed by atoms with Gasteiger partial charge in [-0.1, -0.05) is 72.8 Å². The van der Waals surface area contributed by atoms with E-state index < -0.39 is 30.0 Å². The van der Waals surface area contributed by atoms with Gasteiger partial charge in [0.1, 0.15) is 11.9 Å². The third-order valence-electron chi connectivity index (χ3n) is 6.93. The van der Waals surface area contributed by atoms with Gasteiger partial charge >= 0.3 is 6.09 Å². The van der Waals surface area contributed by atoms with Crippen LogP contribution in [0.1, 0.15) is 29.9 Å². The molecule has 6 N–H and O–H groups in total. The minimum absolute atomic E-state index is 0.0884. The van der Waals surface area contributed by atoms with Crippen LogP contribution in [0.15, 0.2) is 84.6 Å². The number of hydrogen-bond donors (Lipinski definition) is 5. The number of nitrogens with one attached hydrogen (secondary N) is 4. The van der Waals surface area contributed by atoms with Gasteiger partial charge in [-0.3, -0.25) is 15.0 Å². The Morgan fingerprint density at radius 2 is 1.74 bits per heavy atom. The molecule has 1 unspecified atom stereocenters. The minimum atomic E-state index is -1.00. The Balaban J connectivity index is 1.59. The van der Waals surface area contributed by atoms with Crippen LogP contribution in [0, 0.1) is 5.41 Å². The van der Waals surface area contributed by atoms with Crippen LogP contribution in [-0.2, 0) is 14.3 Å². The Morgan fingerprint density at radius 3 is 2.28 bits per heavy atom. The zero-order chi connectivity index (χ0) is 27.8. The van der Waals surface area contributed by atoms with Crippen LogP contribution in [0.4, 0.5) is 4.79 Å². The smallest absolute Gasteiger partial charge is 0.407 e. The topological polar surface area (TPSA) is 150 Å². The van der Waals surface area contributed by atoms with Gasteiger partial charge in [0.2, 0.25) is 11.8 Å². The zero-order valence-electron chi connectivity index (χ0n) is 21.8. The second-order valence-corrected chi connectivity index (χ2v) is 9.48. The zero-order valence-corrected chi connectivity index (χ0v) is 21.8. The monoisotopic (exact) mass is 530 g/mol. The van der Waals surface area contributed by atoms with E-state index in [0.29, 0.717) is 12.0 Å². The number of nitrogens with zero attached hydrogens (tertiary/aromatic N) is 1. The summed E-state index contributed by atoms with van der Waals surface area (Å²) in [5.41, 5.74) is 7.79. The van der Waals surface area contributed by atoms with Crippen molar-refractivity contribution in [2.45, 2.75) is 36.9 Å². The molecule has 39 heavy (non-hydrogen) atoms. The van der Waals surface area contributed by atoms with Crippen LogP contribution in [-0.4, -0.2) is 67.0 Å². The highest BCUT2D eigenvalue weighted by Gasteiger charge is 2.35. The number of carbonyl (C=O) groups excluding carboxylic acids is 3. The summed E-state index contributed by atoms with van der Waals surface area (Å²) in [7, 11) is 1.25. The summed E-state index contributed by atoms with van der Waals surface area (Å²) in [5, 5.41) is 16.6. The average Bonchev–Trinajstić information content (AvgIpc) is 3.51. The number of amides is 3. The lowest BCUT2D eigenvalue weighted by Crippen LogP contribution is -2.54. The molecule has 3 amide bonds. The molecule has 2 aliphatic heterocycles. The SMILES string of the molecule is COC(=O)N[C@@H](C(=O)NCC1C=CC(C(=N)N)=CN1C(=O)[C@@H]1CCCN1)C(c1ccccc1)c1ccccc1. The molecular formula is C29H34N6O4. The highest BCUT2D eigenvalue weighted by atomic mass is 16.5. The van der Waals surface area contributed by atoms with Gasteiger partial charge in [0.15, 0.2) is 0 Å². The van der Waals surface area contributed by atoms with E-state index in [2.05, 4.69) is 16.0 Å². The molecule has 0 spiro atoms. The molecule has 1 saturated heterocycles. The Morgan fingerprint density at radius 1 is 1.10 bits per heavy atom. The van der Waals surface area contributed by atoms with Crippen LogP contribution in [0.2, 0.25) is 0 Å². The predicted octanol–water partition coefficient (Wildman–Crippen LogP) is 2.00. The van der Waals surface area contributed by atoms with E-state index in [1.54, 1.807) is 18.4 Å². The quantitative estimate of drug-likeness (QED) is 0.247. The molecule has 0 aromatic heterocycles. The number of ether oxygens (including phenoxy) is 1. The van der Waals surface area contributed by atoms with Crippen molar-refractivity contribution in [2.24, 2.45) is 5.73 Å². The van der Waals surface area contributed by atoms with E-state index in [1.807, 2.05) is 60.7 Å². The summed E-state index contributed by atoms with van der Waals surface area (Å²) in [5.74, 6) is -1.23. The fourth-order valence-electron chi connectivity index (χ4n) is 4.92. The molecule has 4 rings (SSSR count). The van der Waals surface area contributed by atoms with Gasteiger partial charge < -0.3 is 31.3 Å². The summed E-state index contributed by atoms with van der Waals surface area (Å²) in [6.07, 6.45) is 5.85. The highest BCUT2D eigenvalue weighted by Crippen LogP contribution is 2.29. The number of hydrogen-bond acceptors (Lipinski definition) is 6. The molecule has 10 heteroatoms. The minimum Gasteiger partial charge on any atom is -0.453 e. The molecule has 0 radical (unpaired) electrons. The van der Waals surface area contributed by atoms with Crippen molar-refractivity contribution in [1.29, 1.82) is 5.41 Å². The fourth-order valence-corrected chi connectivity index (χ4v) is 4.92. The summed E-state index contributed by atoms with van der Waals surface area (Å²) < 4.78 is 4.85. The first-order valence-electron chi connectivity index (χ1n) is 12.9. The molecule has 10 nitrogen and oxygen atoms in total. The number of methoxy groups -OCH3 is 1. The van der Waals surface area contributed by atoms with Gasteiger partial charge in [0, 0.05) is 24.2 Å². The normalized spacial score (nSPS) is 19.2. The van der Waals surface area contributed by atoms with Crippen molar-refractivity contribution in [1.82, 2.24) is 20.9 Å². The third-order valence-corrected chi connectivity index (χ3v) is 6.93. The predicted molar refractivity (Wildman–Crippen MR) is 148 cm³/mol. The van der Waals surface area contributed by atoms with E-state index in [9.17, 15) is 14.4 Å². The summed E-state index contributed by atoms with van der Waals surface area (Å²) in [6.45, 7) is 0.844. The van der Waals surface area contributed by atoms with E-state index in [-0.39, 0.29) is 24.3 Å². The largest absolute Gasteiger partial charge is 0.453 e. The first-order valence-corrected chi connectivity index (χ1v) is 12.9. The lowest BCUT2D eigenvalue weighted by molar-refractivity contribution is -0.132. The van der Waals surface area contributed by atoms with Crippen LogP contribution in [0.3, 0.4) is 0 Å². The number of alkyl carbamates (subject to hydrolysis) is 1. The molecule has 3 atom stereocenters. The van der Waals surface area contributed by atoms with E-state index in [4.69, 9.17) is 15.9 Å². The molecule has 2 aromatic carbocycles. The Labute approximate surface area is 227 Å². The van der Waals surface area contributed by atoms with Gasteiger partial charge in [0.05, 0.1) is 19.2 Å². The van der Waals surface area contributed by atoms with Gasteiger partial charge in [-0.2, -0.15) is 0 Å². The van der Waals surface area contributed by atoms with Crippen molar-refractivity contribution in [2.75, 3.05) is 20.2 Å². The van der Waals surface area contributed by atoms with E-state index in [1.165, 1.54) is 12.0 Å². The van der Waals surface area contributed by atoms with Crippen molar-refractivity contribution < 1.29 is 19.1 Å². The second kappa shape index (κ2) is 12.9. The molecule has 0 saturated carbocycles. The maximum atomic E-state index is 13.7.